The van der Waals surface area contributed by atoms with Crippen molar-refractivity contribution in [3.05, 3.63) is 134 Å². The third-order valence-electron chi connectivity index (χ3n) is 6.90. The van der Waals surface area contributed by atoms with E-state index in [-0.39, 0.29) is 21.1 Å². The summed E-state index contributed by atoms with van der Waals surface area (Å²) in [4.78, 5) is 9.05. The zero-order valence-corrected chi connectivity index (χ0v) is 23.7. The predicted molar refractivity (Wildman–Crippen MR) is 155 cm³/mol. The molecule has 5 heterocycles. The Kier molecular flexibility index (Phi) is 6.21. The van der Waals surface area contributed by atoms with Gasteiger partial charge in [0.25, 0.3) is 0 Å². The van der Waals surface area contributed by atoms with E-state index < -0.39 is 0 Å². The van der Waals surface area contributed by atoms with E-state index in [0.29, 0.717) is 11.5 Å². The Morgan fingerprint density at radius 3 is 2.27 bits per heavy atom. The first-order valence-corrected chi connectivity index (χ1v) is 12.9. The molecule has 0 N–H and O–H groups in total. The second kappa shape index (κ2) is 10.2. The van der Waals surface area contributed by atoms with Gasteiger partial charge in [-0.15, -0.1) is 35.7 Å². The van der Waals surface area contributed by atoms with E-state index in [0.717, 1.165) is 50.2 Å². The fourth-order valence-electron chi connectivity index (χ4n) is 5.12. The van der Waals surface area contributed by atoms with Gasteiger partial charge in [-0.1, -0.05) is 35.8 Å². The number of fused-ring (bicyclic) bond motifs is 4. The van der Waals surface area contributed by atoms with Gasteiger partial charge in [-0.2, -0.15) is 17.2 Å². The average Bonchev–Trinajstić information content (AvgIpc) is 3.69. The second-order valence-electron chi connectivity index (χ2n) is 9.35. The molecule has 0 unspecified atom stereocenters. The topological polar surface area (TPSA) is 62.7 Å². The normalized spacial score (nSPS) is 11.2. The Morgan fingerprint density at radius 1 is 0.659 bits per heavy atom. The van der Waals surface area contributed by atoms with Crippen LogP contribution in [0.15, 0.2) is 122 Å². The third kappa shape index (κ3) is 4.31. The summed E-state index contributed by atoms with van der Waals surface area (Å²) in [5.74, 6) is 2.81. The summed E-state index contributed by atoms with van der Waals surface area (Å²) < 4.78 is 12.2. The maximum Gasteiger partial charge on any atom is 2.00 e. The van der Waals surface area contributed by atoms with Gasteiger partial charge >= 0.3 is 21.1 Å². The van der Waals surface area contributed by atoms with Crippen LogP contribution < -0.4 is 4.74 Å². The molecule has 41 heavy (non-hydrogen) atoms. The van der Waals surface area contributed by atoms with Crippen molar-refractivity contribution < 1.29 is 25.8 Å². The molecule has 0 spiro atoms. The summed E-state index contributed by atoms with van der Waals surface area (Å²) in [5.41, 5.74) is 3.56. The summed E-state index contributed by atoms with van der Waals surface area (Å²) >= 11 is 0. The summed E-state index contributed by atoms with van der Waals surface area (Å²) in [7, 11) is 0. The summed E-state index contributed by atoms with van der Waals surface area (Å²) in [5, 5.41) is 8.04. The first-order valence-electron chi connectivity index (χ1n) is 12.9. The molecule has 0 atom stereocenters. The van der Waals surface area contributed by atoms with Crippen LogP contribution in [-0.2, 0) is 21.1 Å². The molecule has 198 valence electrons. The van der Waals surface area contributed by atoms with Gasteiger partial charge in [0.2, 0.25) is 0 Å². The zero-order chi connectivity index (χ0) is 26.5. The fourth-order valence-corrected chi connectivity index (χ4v) is 5.12. The summed E-state index contributed by atoms with van der Waals surface area (Å²) in [6, 6.07) is 38.7. The molecular weight excluding hydrogens is 691 g/mol. The minimum atomic E-state index is 0. The molecule has 0 saturated carbocycles. The number of benzene rings is 3. The maximum atomic E-state index is 6.28. The first-order chi connectivity index (χ1) is 19.8. The van der Waals surface area contributed by atoms with Crippen LogP contribution in [0.1, 0.15) is 0 Å². The third-order valence-corrected chi connectivity index (χ3v) is 6.90. The minimum Gasteiger partial charge on any atom is -0.509 e. The molecule has 0 bridgehead atoms. The molecular formula is C33H20N6OPt. The molecule has 0 aliphatic heterocycles. The van der Waals surface area contributed by atoms with Crippen LogP contribution in [0.25, 0.3) is 50.2 Å². The SMILES string of the molecule is [Pt+2].[c-]1c(Oc2[c-]c3c(cc2)c2ccccc2n3-c2ccccn2)cccc1-n1cc2ccn(-c3ccccn3)c2n1. The first kappa shape index (κ1) is 25.0. The number of aromatic nitrogens is 6. The van der Waals surface area contributed by atoms with Crippen molar-refractivity contribution in [3.63, 3.8) is 0 Å². The molecule has 8 heteroatoms. The molecule has 3 aromatic carbocycles. The smallest absolute Gasteiger partial charge is 0.509 e. The summed E-state index contributed by atoms with van der Waals surface area (Å²) in [6.45, 7) is 0. The van der Waals surface area contributed by atoms with Crippen molar-refractivity contribution in [2.24, 2.45) is 0 Å². The van der Waals surface area contributed by atoms with Crippen molar-refractivity contribution in [3.8, 4) is 28.8 Å². The van der Waals surface area contributed by atoms with Gasteiger partial charge in [0, 0.05) is 47.2 Å². The van der Waals surface area contributed by atoms with Crippen molar-refractivity contribution >= 4 is 32.8 Å². The van der Waals surface area contributed by atoms with Gasteiger partial charge < -0.3 is 9.30 Å². The van der Waals surface area contributed by atoms with Crippen LogP contribution in [0.3, 0.4) is 0 Å². The monoisotopic (exact) mass is 711 g/mol. The number of hydrogen-bond acceptors (Lipinski definition) is 4. The van der Waals surface area contributed by atoms with Gasteiger partial charge in [-0.05, 0) is 47.5 Å². The van der Waals surface area contributed by atoms with Gasteiger partial charge in [0.1, 0.15) is 11.6 Å². The molecule has 7 nitrogen and oxygen atoms in total. The molecule has 8 rings (SSSR count). The van der Waals surface area contributed by atoms with Crippen molar-refractivity contribution in [2.75, 3.05) is 0 Å². The molecule has 0 aliphatic carbocycles. The molecule has 8 aromatic rings. The molecule has 0 saturated heterocycles. The Bertz CT molecular complexity index is 2150. The van der Waals surface area contributed by atoms with Crippen LogP contribution in [0.2, 0.25) is 0 Å². The largest absolute Gasteiger partial charge is 2.00 e. The van der Waals surface area contributed by atoms with Gasteiger partial charge in [0.15, 0.2) is 5.65 Å². The number of rotatable bonds is 5. The maximum absolute atomic E-state index is 6.28. The second-order valence-corrected chi connectivity index (χ2v) is 9.35. The van der Waals surface area contributed by atoms with Crippen molar-refractivity contribution in [1.29, 1.82) is 0 Å². The molecule has 0 fully saturated rings. The minimum absolute atomic E-state index is 0. The zero-order valence-electron chi connectivity index (χ0n) is 21.5. The Labute approximate surface area is 249 Å². The van der Waals surface area contributed by atoms with E-state index in [4.69, 9.17) is 9.84 Å². The molecule has 5 aromatic heterocycles. The van der Waals surface area contributed by atoms with Crippen LogP contribution in [0, 0.1) is 12.1 Å². The number of para-hydroxylation sites is 1. The van der Waals surface area contributed by atoms with Crippen LogP contribution in [-0.4, -0.2) is 28.9 Å². The van der Waals surface area contributed by atoms with E-state index in [9.17, 15) is 0 Å². The van der Waals surface area contributed by atoms with Crippen LogP contribution in [0.4, 0.5) is 0 Å². The molecule has 0 radical (unpaired) electrons. The van der Waals surface area contributed by atoms with E-state index in [1.807, 2.05) is 101 Å². The Morgan fingerprint density at radius 2 is 1.44 bits per heavy atom. The Hall–Kier alpha value is -5.00. The van der Waals surface area contributed by atoms with E-state index in [1.165, 1.54) is 0 Å². The predicted octanol–water partition coefficient (Wildman–Crippen LogP) is 7.09. The Balaban J connectivity index is 0.00000276. The van der Waals surface area contributed by atoms with E-state index >= 15 is 0 Å². The van der Waals surface area contributed by atoms with E-state index in [2.05, 4.69) is 44.9 Å². The van der Waals surface area contributed by atoms with Gasteiger partial charge in [-0.3, -0.25) is 9.25 Å². The van der Waals surface area contributed by atoms with Crippen LogP contribution >= 0.6 is 0 Å². The molecule has 0 amide bonds. The standard InChI is InChI=1S/C33H20N6O.Pt/c1-2-11-29-27(10-1)28-15-14-26(21-30(28)39(29)32-13-4-6-18-35-32)40-25-9-7-8-24(20-25)38-22-23-16-19-37(33(23)36-38)31-12-3-5-17-34-31;/h1-19,22H;/q-2;+2. The number of nitrogens with zero attached hydrogens (tertiary/aromatic N) is 6. The quantitative estimate of drug-likeness (QED) is 0.179. The van der Waals surface area contributed by atoms with Crippen LogP contribution in [0.5, 0.6) is 11.5 Å². The fraction of sp³-hybridized carbons (Fsp3) is 0. The van der Waals surface area contributed by atoms with Gasteiger partial charge in [0.05, 0.1) is 0 Å². The number of pyridine rings is 2. The number of ether oxygens (including phenoxy) is 1. The molecule has 0 aliphatic rings. The van der Waals surface area contributed by atoms with Crippen molar-refractivity contribution in [1.82, 2.24) is 28.9 Å². The van der Waals surface area contributed by atoms with E-state index in [1.54, 1.807) is 12.4 Å². The number of hydrogen-bond donors (Lipinski definition) is 0. The van der Waals surface area contributed by atoms with Gasteiger partial charge in [-0.25, -0.2) is 9.97 Å². The van der Waals surface area contributed by atoms with Crippen molar-refractivity contribution in [2.45, 2.75) is 0 Å². The average molecular weight is 712 g/mol. The summed E-state index contributed by atoms with van der Waals surface area (Å²) in [6.07, 6.45) is 7.53.